The average molecular weight is 486 g/mol. The second kappa shape index (κ2) is 9.12. The van der Waals surface area contributed by atoms with Crippen molar-refractivity contribution in [2.45, 2.75) is 24.7 Å². The summed E-state index contributed by atoms with van der Waals surface area (Å²) in [5, 5.41) is 2.80. The number of nitrogens with one attached hydrogen (secondary N) is 1. The molecule has 3 aliphatic rings. The molecule has 0 spiro atoms. The van der Waals surface area contributed by atoms with Crippen molar-refractivity contribution in [3.63, 3.8) is 0 Å². The Morgan fingerprint density at radius 2 is 1.47 bits per heavy atom. The van der Waals surface area contributed by atoms with Gasteiger partial charge in [-0.15, -0.1) is 0 Å². The van der Waals surface area contributed by atoms with Crippen LogP contribution in [0.5, 0.6) is 0 Å². The highest BCUT2D eigenvalue weighted by atomic mass is 32.2. The number of piperazine rings is 2. The van der Waals surface area contributed by atoms with Gasteiger partial charge in [-0.25, -0.2) is 18.4 Å². The van der Waals surface area contributed by atoms with Crippen LogP contribution in [0.15, 0.2) is 29.2 Å². The highest BCUT2D eigenvalue weighted by molar-refractivity contribution is 7.89. The Kier molecular flexibility index (Phi) is 6.17. The fourth-order valence-electron chi connectivity index (χ4n) is 4.72. The van der Waals surface area contributed by atoms with Crippen molar-refractivity contribution >= 4 is 33.3 Å². The van der Waals surface area contributed by atoms with E-state index in [2.05, 4.69) is 37.0 Å². The molecule has 0 bridgehead atoms. The molecule has 2 aromatic rings. The summed E-state index contributed by atoms with van der Waals surface area (Å²) in [4.78, 5) is 27.9. The quantitative estimate of drug-likeness (QED) is 0.683. The largest absolute Gasteiger partial charge is 0.354 e. The molecule has 5 rings (SSSR count). The molecule has 11 heteroatoms. The van der Waals surface area contributed by atoms with E-state index in [-0.39, 0.29) is 10.8 Å². The van der Waals surface area contributed by atoms with E-state index in [1.165, 1.54) is 0 Å². The minimum absolute atomic E-state index is 0.0324. The van der Waals surface area contributed by atoms with E-state index in [0.29, 0.717) is 44.7 Å². The van der Waals surface area contributed by atoms with Crippen LogP contribution in [0.25, 0.3) is 0 Å². The Morgan fingerprint density at radius 3 is 2.12 bits per heavy atom. The van der Waals surface area contributed by atoms with Gasteiger partial charge in [0.2, 0.25) is 15.9 Å². The minimum Gasteiger partial charge on any atom is -0.354 e. The molecular formula is C23H31N7O3S. The number of carbonyl (C=O) groups excluding carboxylic acids is 1. The lowest BCUT2D eigenvalue weighted by molar-refractivity contribution is -0.116. The number of anilines is 3. The topological polar surface area (TPSA) is 102 Å². The number of amides is 1. The number of fused-ring (bicyclic) bond motifs is 1. The SMILES string of the molecule is Cc1nc(N2CCN(C)CC2)cc(N2CCN(S(=O)(=O)c3ccc4c(c3)CCC(=O)N4)CC2)n1. The van der Waals surface area contributed by atoms with Crippen molar-refractivity contribution in [1.82, 2.24) is 19.2 Å². The van der Waals surface area contributed by atoms with Crippen LogP contribution in [0.2, 0.25) is 0 Å². The first kappa shape index (κ1) is 23.0. The van der Waals surface area contributed by atoms with E-state index in [4.69, 9.17) is 0 Å². The lowest BCUT2D eigenvalue weighted by atomic mass is 10.0. The maximum Gasteiger partial charge on any atom is 0.243 e. The first-order chi connectivity index (χ1) is 16.3. The number of carbonyl (C=O) groups is 1. The van der Waals surface area contributed by atoms with Crippen LogP contribution in [0.4, 0.5) is 17.3 Å². The molecule has 2 saturated heterocycles. The van der Waals surface area contributed by atoms with E-state index in [0.717, 1.165) is 49.2 Å². The van der Waals surface area contributed by atoms with E-state index in [1.54, 1.807) is 22.5 Å². The molecule has 4 heterocycles. The monoisotopic (exact) mass is 485 g/mol. The Bertz CT molecular complexity index is 1190. The second-order valence-corrected chi connectivity index (χ2v) is 11.1. The predicted molar refractivity (Wildman–Crippen MR) is 131 cm³/mol. The summed E-state index contributed by atoms with van der Waals surface area (Å²) in [5.74, 6) is 2.48. The summed E-state index contributed by atoms with van der Waals surface area (Å²) in [6.45, 7) is 7.70. The van der Waals surface area contributed by atoms with Gasteiger partial charge in [0.25, 0.3) is 0 Å². The molecule has 0 saturated carbocycles. The normalized spacial score (nSPS) is 20.2. The number of aromatic nitrogens is 2. The minimum atomic E-state index is -3.61. The van der Waals surface area contributed by atoms with Crippen molar-refractivity contribution < 1.29 is 13.2 Å². The zero-order valence-electron chi connectivity index (χ0n) is 19.7. The first-order valence-corrected chi connectivity index (χ1v) is 13.2. The number of rotatable bonds is 4. The van der Waals surface area contributed by atoms with Crippen molar-refractivity contribution in [2.75, 3.05) is 74.5 Å². The van der Waals surface area contributed by atoms with Crippen molar-refractivity contribution in [3.8, 4) is 0 Å². The van der Waals surface area contributed by atoms with Crippen molar-refractivity contribution in [1.29, 1.82) is 0 Å². The Hall–Kier alpha value is -2.76. The molecule has 0 aliphatic carbocycles. The number of aryl methyl sites for hydroxylation is 2. The van der Waals surface area contributed by atoms with Crippen LogP contribution < -0.4 is 15.1 Å². The Morgan fingerprint density at radius 1 is 0.853 bits per heavy atom. The average Bonchev–Trinajstić information content (AvgIpc) is 2.84. The van der Waals surface area contributed by atoms with E-state index >= 15 is 0 Å². The molecule has 2 fully saturated rings. The summed E-state index contributed by atoms with van der Waals surface area (Å²) in [6.07, 6.45) is 0.935. The Balaban J connectivity index is 1.28. The molecule has 34 heavy (non-hydrogen) atoms. The number of benzene rings is 1. The number of sulfonamides is 1. The third-order valence-electron chi connectivity index (χ3n) is 6.81. The number of hydrogen-bond donors (Lipinski definition) is 1. The lowest BCUT2D eigenvalue weighted by Crippen LogP contribution is -2.49. The predicted octanol–water partition coefficient (Wildman–Crippen LogP) is 0.932. The van der Waals surface area contributed by atoms with Gasteiger partial charge in [-0.1, -0.05) is 0 Å². The number of likely N-dealkylation sites (N-methyl/N-ethyl adjacent to an activating group) is 1. The molecule has 10 nitrogen and oxygen atoms in total. The van der Waals surface area contributed by atoms with Gasteiger partial charge in [-0.05, 0) is 44.2 Å². The third kappa shape index (κ3) is 4.59. The van der Waals surface area contributed by atoms with Gasteiger partial charge >= 0.3 is 0 Å². The Labute approximate surface area is 200 Å². The fraction of sp³-hybridized carbons (Fsp3) is 0.522. The van der Waals surface area contributed by atoms with Crippen LogP contribution in [0, 0.1) is 6.92 Å². The zero-order valence-corrected chi connectivity index (χ0v) is 20.5. The molecule has 1 aromatic carbocycles. The van der Waals surface area contributed by atoms with Gasteiger partial charge in [0.1, 0.15) is 17.5 Å². The van der Waals surface area contributed by atoms with E-state index in [9.17, 15) is 13.2 Å². The first-order valence-electron chi connectivity index (χ1n) is 11.8. The molecule has 182 valence electrons. The van der Waals surface area contributed by atoms with E-state index in [1.807, 2.05) is 13.0 Å². The zero-order chi connectivity index (χ0) is 23.9. The lowest BCUT2D eigenvalue weighted by Gasteiger charge is -2.36. The van der Waals surface area contributed by atoms with Gasteiger partial charge in [-0.3, -0.25) is 4.79 Å². The number of nitrogens with zero attached hydrogens (tertiary/aromatic N) is 6. The highest BCUT2D eigenvalue weighted by Gasteiger charge is 2.30. The molecule has 1 aromatic heterocycles. The second-order valence-electron chi connectivity index (χ2n) is 9.18. The number of hydrogen-bond acceptors (Lipinski definition) is 8. The van der Waals surface area contributed by atoms with Crippen LogP contribution in [-0.4, -0.2) is 92.9 Å². The van der Waals surface area contributed by atoms with E-state index < -0.39 is 10.0 Å². The van der Waals surface area contributed by atoms with Crippen LogP contribution in [-0.2, 0) is 21.2 Å². The summed E-state index contributed by atoms with van der Waals surface area (Å²) in [6, 6.07) is 7.01. The van der Waals surface area contributed by atoms with Gasteiger partial charge in [0.05, 0.1) is 4.90 Å². The molecule has 0 radical (unpaired) electrons. The van der Waals surface area contributed by atoms with Crippen molar-refractivity contribution in [2.24, 2.45) is 0 Å². The molecule has 0 atom stereocenters. The molecule has 1 amide bonds. The van der Waals surface area contributed by atoms with Gasteiger partial charge < -0.3 is 20.0 Å². The summed E-state index contributed by atoms with van der Waals surface area (Å²) in [7, 11) is -1.48. The summed E-state index contributed by atoms with van der Waals surface area (Å²) >= 11 is 0. The summed E-state index contributed by atoms with van der Waals surface area (Å²) in [5.41, 5.74) is 1.57. The highest BCUT2D eigenvalue weighted by Crippen LogP contribution is 2.28. The van der Waals surface area contributed by atoms with Gasteiger partial charge in [0, 0.05) is 70.5 Å². The van der Waals surface area contributed by atoms with Crippen LogP contribution in [0.3, 0.4) is 0 Å². The maximum absolute atomic E-state index is 13.3. The standard InChI is InChI=1S/C23H31N7O3S/c1-17-24-21(28-9-7-27(2)8-10-28)16-22(25-17)29-11-13-30(14-12-29)34(32,33)19-4-5-20-18(15-19)3-6-23(31)26-20/h4-5,15-16H,3,6-14H2,1-2H3,(H,26,31). The molecule has 3 aliphatic heterocycles. The maximum atomic E-state index is 13.3. The van der Waals surface area contributed by atoms with Crippen molar-refractivity contribution in [3.05, 3.63) is 35.7 Å². The van der Waals surface area contributed by atoms with Crippen LogP contribution >= 0.6 is 0 Å². The third-order valence-corrected chi connectivity index (χ3v) is 8.71. The fourth-order valence-corrected chi connectivity index (χ4v) is 6.20. The van der Waals surface area contributed by atoms with Gasteiger partial charge in [0.15, 0.2) is 0 Å². The van der Waals surface area contributed by atoms with Gasteiger partial charge in [-0.2, -0.15) is 4.31 Å². The van der Waals surface area contributed by atoms with Crippen LogP contribution in [0.1, 0.15) is 17.8 Å². The summed E-state index contributed by atoms with van der Waals surface area (Å²) < 4.78 is 28.2. The molecule has 0 unspecified atom stereocenters. The molecule has 1 N–H and O–H groups in total. The molecular weight excluding hydrogens is 454 g/mol. The smallest absolute Gasteiger partial charge is 0.243 e.